The number of anilines is 1. The predicted molar refractivity (Wildman–Crippen MR) is 112 cm³/mol. The van der Waals surface area contributed by atoms with E-state index in [0.717, 1.165) is 49.8 Å². The lowest BCUT2D eigenvalue weighted by Crippen LogP contribution is -2.49. The second kappa shape index (κ2) is 8.68. The van der Waals surface area contributed by atoms with Crippen LogP contribution in [0.5, 0.6) is 0 Å². The summed E-state index contributed by atoms with van der Waals surface area (Å²) >= 11 is 0. The van der Waals surface area contributed by atoms with Gasteiger partial charge in [0.25, 0.3) is 5.91 Å². The van der Waals surface area contributed by atoms with Crippen molar-refractivity contribution in [2.45, 2.75) is 75.9 Å². The number of nitrogens with zero attached hydrogens (tertiary/aromatic N) is 4. The number of rotatable bonds is 6. The van der Waals surface area contributed by atoms with Crippen LogP contribution >= 0.6 is 0 Å². The summed E-state index contributed by atoms with van der Waals surface area (Å²) in [6, 6.07) is -0.190. The molecule has 0 bridgehead atoms. The lowest BCUT2D eigenvalue weighted by Gasteiger charge is -2.35. The molecular formula is C21H30N6O4. The van der Waals surface area contributed by atoms with Crippen molar-refractivity contribution in [3.8, 4) is 0 Å². The first-order valence-corrected chi connectivity index (χ1v) is 11.1. The van der Waals surface area contributed by atoms with E-state index in [1.54, 1.807) is 13.2 Å². The van der Waals surface area contributed by atoms with Gasteiger partial charge < -0.3 is 15.5 Å². The minimum absolute atomic E-state index is 0.0722. The van der Waals surface area contributed by atoms with Crippen LogP contribution in [0, 0.1) is 0 Å². The van der Waals surface area contributed by atoms with Gasteiger partial charge in [-0.3, -0.25) is 24.0 Å². The number of carbonyl (C=O) groups is 4. The summed E-state index contributed by atoms with van der Waals surface area (Å²) in [5.74, 6) is -0.867. The monoisotopic (exact) mass is 430 g/mol. The van der Waals surface area contributed by atoms with E-state index < -0.39 is 17.5 Å². The first-order chi connectivity index (χ1) is 14.9. The van der Waals surface area contributed by atoms with Crippen molar-refractivity contribution >= 4 is 29.4 Å². The molecule has 1 aromatic heterocycles. The van der Waals surface area contributed by atoms with Crippen molar-refractivity contribution < 1.29 is 19.2 Å². The van der Waals surface area contributed by atoms with Crippen molar-refractivity contribution in [1.82, 2.24) is 24.9 Å². The Kier molecular flexibility index (Phi) is 5.97. The molecule has 0 atom stereocenters. The van der Waals surface area contributed by atoms with Crippen LogP contribution in [0.3, 0.4) is 0 Å². The highest BCUT2D eigenvalue weighted by molar-refractivity contribution is 6.10. The number of imide groups is 1. The molecule has 1 aliphatic heterocycles. The highest BCUT2D eigenvalue weighted by Gasteiger charge is 2.55. The SMILES string of the molecule is CN1C(=O)N(CC(=O)Nc2cnn(CC(=O)NC3CCCC3)c2)C(=O)C12CCCCC2. The minimum atomic E-state index is -0.798. The van der Waals surface area contributed by atoms with Gasteiger partial charge in [0.1, 0.15) is 18.6 Å². The molecule has 2 N–H and O–H groups in total. The largest absolute Gasteiger partial charge is 0.352 e. The van der Waals surface area contributed by atoms with Gasteiger partial charge in [0.2, 0.25) is 11.8 Å². The molecule has 10 heteroatoms. The third-order valence-corrected chi connectivity index (χ3v) is 6.73. The zero-order valence-electron chi connectivity index (χ0n) is 17.9. The molecule has 1 spiro atoms. The van der Waals surface area contributed by atoms with E-state index in [2.05, 4.69) is 15.7 Å². The highest BCUT2D eigenvalue weighted by atomic mass is 16.2. The lowest BCUT2D eigenvalue weighted by molar-refractivity contribution is -0.136. The van der Waals surface area contributed by atoms with Crippen LogP contribution in [-0.4, -0.2) is 68.5 Å². The molecule has 31 heavy (non-hydrogen) atoms. The van der Waals surface area contributed by atoms with Crippen LogP contribution in [0.1, 0.15) is 57.8 Å². The zero-order chi connectivity index (χ0) is 22.0. The second-order valence-corrected chi connectivity index (χ2v) is 8.85. The summed E-state index contributed by atoms with van der Waals surface area (Å²) in [6.07, 6.45) is 11.5. The van der Waals surface area contributed by atoms with Gasteiger partial charge in [0, 0.05) is 19.3 Å². The van der Waals surface area contributed by atoms with Crippen molar-refractivity contribution in [1.29, 1.82) is 0 Å². The predicted octanol–water partition coefficient (Wildman–Crippen LogP) is 1.48. The van der Waals surface area contributed by atoms with Gasteiger partial charge in [-0.25, -0.2) is 4.79 Å². The van der Waals surface area contributed by atoms with Gasteiger partial charge in [-0.2, -0.15) is 5.10 Å². The van der Waals surface area contributed by atoms with E-state index in [4.69, 9.17) is 0 Å². The van der Waals surface area contributed by atoms with Gasteiger partial charge in [0.15, 0.2) is 0 Å². The molecule has 3 fully saturated rings. The van der Waals surface area contributed by atoms with E-state index >= 15 is 0 Å². The third-order valence-electron chi connectivity index (χ3n) is 6.73. The molecule has 0 aromatic carbocycles. The van der Waals surface area contributed by atoms with Crippen LogP contribution in [-0.2, 0) is 20.9 Å². The molecule has 3 aliphatic rings. The standard InChI is InChI=1S/C21H30N6O4/c1-25-20(31)27(19(30)21(25)9-5-2-6-10-21)14-18(29)24-16-11-22-26(12-16)13-17(28)23-15-7-3-4-8-15/h11-12,15H,2-10,13-14H2,1H3,(H,23,28)(H,24,29). The van der Waals surface area contributed by atoms with E-state index in [-0.39, 0.29) is 30.9 Å². The molecular weight excluding hydrogens is 400 g/mol. The molecule has 0 radical (unpaired) electrons. The van der Waals surface area contributed by atoms with E-state index in [1.165, 1.54) is 15.8 Å². The van der Waals surface area contributed by atoms with Gasteiger partial charge in [-0.15, -0.1) is 0 Å². The highest BCUT2D eigenvalue weighted by Crippen LogP contribution is 2.39. The number of urea groups is 1. The Labute approximate surface area is 181 Å². The fourth-order valence-electron chi connectivity index (χ4n) is 5.02. The van der Waals surface area contributed by atoms with Crippen LogP contribution < -0.4 is 10.6 Å². The van der Waals surface area contributed by atoms with Crippen molar-refractivity contribution in [2.75, 3.05) is 18.9 Å². The number of hydrogen-bond donors (Lipinski definition) is 2. The molecule has 2 aliphatic carbocycles. The molecule has 4 rings (SSSR count). The summed E-state index contributed by atoms with van der Waals surface area (Å²) in [4.78, 5) is 52.8. The van der Waals surface area contributed by atoms with Crippen LogP contribution in [0.25, 0.3) is 0 Å². The first kappa shape index (κ1) is 21.3. The van der Waals surface area contributed by atoms with E-state index in [0.29, 0.717) is 18.5 Å². The Morgan fingerprint density at radius 3 is 2.48 bits per heavy atom. The maximum Gasteiger partial charge on any atom is 0.327 e. The average molecular weight is 431 g/mol. The number of nitrogens with one attached hydrogen (secondary N) is 2. The molecule has 1 aromatic rings. The summed E-state index contributed by atoms with van der Waals surface area (Å²) in [6.45, 7) is -0.264. The molecule has 1 saturated heterocycles. The second-order valence-electron chi connectivity index (χ2n) is 8.85. The van der Waals surface area contributed by atoms with E-state index in [9.17, 15) is 19.2 Å². The number of hydrogen-bond acceptors (Lipinski definition) is 5. The van der Waals surface area contributed by atoms with Crippen molar-refractivity contribution in [3.63, 3.8) is 0 Å². The fraction of sp³-hybridized carbons (Fsp3) is 0.667. The average Bonchev–Trinajstić information content (AvgIpc) is 3.45. The van der Waals surface area contributed by atoms with Gasteiger partial charge in [0.05, 0.1) is 11.9 Å². The Balaban J connectivity index is 1.31. The number of carbonyl (C=O) groups excluding carboxylic acids is 4. The molecule has 2 saturated carbocycles. The summed E-state index contributed by atoms with van der Waals surface area (Å²) in [5, 5.41) is 9.77. The lowest BCUT2D eigenvalue weighted by atomic mass is 9.81. The smallest absolute Gasteiger partial charge is 0.327 e. The van der Waals surface area contributed by atoms with Crippen LogP contribution in [0.2, 0.25) is 0 Å². The molecule has 0 unspecified atom stereocenters. The number of aromatic nitrogens is 2. The Bertz CT molecular complexity index is 869. The normalized spacial score (nSPS) is 21.2. The summed E-state index contributed by atoms with van der Waals surface area (Å²) in [7, 11) is 1.64. The molecule has 168 valence electrons. The number of likely N-dealkylation sites (N-methyl/N-ethyl adjacent to an activating group) is 1. The summed E-state index contributed by atoms with van der Waals surface area (Å²) < 4.78 is 1.46. The molecule has 10 nitrogen and oxygen atoms in total. The minimum Gasteiger partial charge on any atom is -0.352 e. The quantitative estimate of drug-likeness (QED) is 0.663. The number of amides is 5. The maximum atomic E-state index is 13.0. The Morgan fingerprint density at radius 2 is 1.77 bits per heavy atom. The van der Waals surface area contributed by atoms with E-state index in [1.807, 2.05) is 0 Å². The Morgan fingerprint density at radius 1 is 1.06 bits per heavy atom. The van der Waals surface area contributed by atoms with Gasteiger partial charge in [-0.1, -0.05) is 32.1 Å². The fourth-order valence-corrected chi connectivity index (χ4v) is 5.02. The van der Waals surface area contributed by atoms with Gasteiger partial charge in [-0.05, 0) is 25.7 Å². The van der Waals surface area contributed by atoms with Crippen molar-refractivity contribution in [2.24, 2.45) is 0 Å². The maximum absolute atomic E-state index is 13.0. The van der Waals surface area contributed by atoms with Crippen molar-refractivity contribution in [3.05, 3.63) is 12.4 Å². The topological polar surface area (TPSA) is 117 Å². The van der Waals surface area contributed by atoms with Crippen LogP contribution in [0.4, 0.5) is 10.5 Å². The zero-order valence-corrected chi connectivity index (χ0v) is 17.9. The third kappa shape index (κ3) is 4.28. The van der Waals surface area contributed by atoms with Crippen LogP contribution in [0.15, 0.2) is 12.4 Å². The first-order valence-electron chi connectivity index (χ1n) is 11.1. The molecule has 5 amide bonds. The Hall–Kier alpha value is -2.91. The summed E-state index contributed by atoms with van der Waals surface area (Å²) in [5.41, 5.74) is -0.383. The van der Waals surface area contributed by atoms with Gasteiger partial charge >= 0.3 is 6.03 Å². The molecule has 2 heterocycles.